The van der Waals surface area contributed by atoms with Gasteiger partial charge in [0.25, 0.3) is 0 Å². The quantitative estimate of drug-likeness (QED) is 0.0699. The van der Waals surface area contributed by atoms with E-state index >= 15 is 0 Å². The Morgan fingerprint density at radius 1 is 0.303 bits per heavy atom. The van der Waals surface area contributed by atoms with E-state index in [1.807, 2.05) is 65.3 Å². The molecule has 8 aromatic rings. The lowest BCUT2D eigenvalue weighted by Gasteiger charge is -2.57. The van der Waals surface area contributed by atoms with Crippen molar-refractivity contribution >= 4 is 67.3 Å². The van der Waals surface area contributed by atoms with Crippen molar-refractivity contribution < 1.29 is 39.6 Å². The van der Waals surface area contributed by atoms with Crippen LogP contribution in [0.1, 0.15) is 312 Å². The Kier molecular flexibility index (Phi) is 24.7. The fourth-order valence-electron chi connectivity index (χ4n) is 36.1. The number of Topliss-reactive ketones (excluding diaryl/α,β-unsaturated/α-hetero) is 4. The molecule has 0 saturated heterocycles. The van der Waals surface area contributed by atoms with Crippen molar-refractivity contribution in [2.75, 3.05) is 0 Å². The Labute approximate surface area is 782 Å². The second-order valence-electron chi connectivity index (χ2n) is 48.2. The third-order valence-corrected chi connectivity index (χ3v) is 43.1. The molecular formula is C110H154N14O8. The second kappa shape index (κ2) is 35.7. The number of rotatable bonds is 16. The summed E-state index contributed by atoms with van der Waals surface area (Å²) in [7, 11) is 0. The van der Waals surface area contributed by atoms with E-state index in [0.717, 1.165) is 218 Å². The van der Waals surface area contributed by atoms with Gasteiger partial charge in [0.2, 0.25) is 0 Å². The van der Waals surface area contributed by atoms with E-state index in [0.29, 0.717) is 90.1 Å². The number of aromatic nitrogens is 14. The Hall–Kier alpha value is -7.14. The van der Waals surface area contributed by atoms with Crippen LogP contribution in [-0.2, 0) is 45.4 Å². The molecule has 0 amide bonds. The first-order valence-electron chi connectivity index (χ1n) is 53.5. The molecule has 16 fully saturated rings. The highest BCUT2D eigenvalue weighted by molar-refractivity contribution is 5.86. The zero-order valence-corrected chi connectivity index (χ0v) is 80.7. The van der Waals surface area contributed by atoms with Gasteiger partial charge in [-0.25, -0.2) is 9.36 Å². The summed E-state index contributed by atoms with van der Waals surface area (Å²) < 4.78 is 3.58. The van der Waals surface area contributed by atoms with Gasteiger partial charge in [-0.1, -0.05) is 90.1 Å². The summed E-state index contributed by atoms with van der Waals surface area (Å²) in [6.45, 7) is 19.5. The van der Waals surface area contributed by atoms with Crippen LogP contribution in [0.2, 0.25) is 0 Å². The van der Waals surface area contributed by atoms with Crippen molar-refractivity contribution in [3.63, 3.8) is 0 Å². The van der Waals surface area contributed by atoms with Gasteiger partial charge in [0.1, 0.15) is 59.3 Å². The van der Waals surface area contributed by atoms with E-state index in [2.05, 4.69) is 106 Å². The normalized spacial score (nSPS) is 42.5. The molecule has 16 aliphatic rings. The van der Waals surface area contributed by atoms with Crippen LogP contribution in [0.3, 0.4) is 0 Å². The number of fused-ring (bicyclic) bond motifs is 24. The van der Waals surface area contributed by atoms with E-state index in [1.54, 1.807) is 39.1 Å². The third kappa shape index (κ3) is 16.3. The average Bonchev–Trinajstić information content (AvgIpc) is 1.58. The van der Waals surface area contributed by atoms with E-state index in [9.17, 15) is 39.6 Å². The minimum atomic E-state index is -0.413. The minimum absolute atomic E-state index is 0.123. The lowest BCUT2D eigenvalue weighted by molar-refractivity contribution is -0.134. The molecule has 0 aliphatic heterocycles. The molecule has 24 rings (SSSR count). The summed E-state index contributed by atoms with van der Waals surface area (Å²) in [5.41, 5.74) is 5.61. The Morgan fingerprint density at radius 2 is 0.591 bits per heavy atom. The summed E-state index contributed by atoms with van der Waals surface area (Å²) in [6.07, 6.45) is 52.4. The molecule has 16 aliphatic carbocycles. The Morgan fingerprint density at radius 3 is 0.939 bits per heavy atom. The molecule has 0 bridgehead atoms. The van der Waals surface area contributed by atoms with Crippen molar-refractivity contribution in [2.45, 2.75) is 361 Å². The molecule has 712 valence electrons. The molecule has 6 heterocycles. The summed E-state index contributed by atoms with van der Waals surface area (Å²) >= 11 is 0. The van der Waals surface area contributed by atoms with Gasteiger partial charge >= 0.3 is 0 Å². The van der Waals surface area contributed by atoms with Crippen LogP contribution in [0.4, 0.5) is 0 Å². The number of carbonyl (C=O) groups is 4. The smallest absolute Gasteiger partial charge is 0.159 e. The van der Waals surface area contributed by atoms with Gasteiger partial charge in [0.05, 0.1) is 45.8 Å². The first-order chi connectivity index (χ1) is 63.6. The Bertz CT molecular complexity index is 5110. The number of benzene rings is 2. The van der Waals surface area contributed by atoms with E-state index in [1.165, 1.54) is 154 Å². The van der Waals surface area contributed by atoms with Crippen LogP contribution >= 0.6 is 0 Å². The predicted octanol–water partition coefficient (Wildman–Crippen LogP) is 20.4. The molecule has 6 aromatic heterocycles. The zero-order chi connectivity index (χ0) is 91.2. The van der Waals surface area contributed by atoms with Gasteiger partial charge in [0, 0.05) is 36.1 Å². The first-order valence-corrected chi connectivity index (χ1v) is 53.5. The number of carbonyl (C=O) groups excluding carboxylic acids is 4. The van der Waals surface area contributed by atoms with Gasteiger partial charge in [-0.05, 0) is 433 Å². The van der Waals surface area contributed by atoms with Crippen LogP contribution in [0.5, 0.6) is 0 Å². The number of nitrogens with zero attached hydrogens (tertiary/aromatic N) is 14. The van der Waals surface area contributed by atoms with E-state index < -0.39 is 22.4 Å². The highest BCUT2D eigenvalue weighted by Gasteiger charge is 2.65. The molecule has 0 radical (unpaired) electrons. The maximum atomic E-state index is 13.6. The number of para-hydroxylation sites is 1. The molecule has 22 heteroatoms. The standard InChI is InChI=1S/2C28H39N3O2.2C27H38N4O2/c1-3-28(33)15-13-19-18(16-28)8-9-21-20(19)12-14-27(2)22(21)10-11-23(27)26(32)17-31-25-7-5-4-6-24(25)29-30-31;1-3-28(33)15-13-19-18(16-28)8-9-21-20(19)12-14-27(2)22(21)10-11-23(27)26(32)17-31-29-24-6-4-5-7-25(24)30-31;1-3-27(33)12-9-18-17(14-27)4-5-20-19(18)8-11-26(2)21(20)6-7-22(26)25(32)16-31-24-10-13-28-15-23(24)29-30-31;1-3-27(33)12-9-18-17(14-27)4-5-20-19(18)8-11-26(2)21(20)6-7-22(26)25(32)16-31-29-23-10-13-28-15-24(23)30-31/h2*4-7,18-23,33H,3,8-17H2,1-2H3;2*10,13,15,17-22,33H,3-9,11-12,14,16H2,1-2H3/t2*18-,19-,20+,21+,22-,23+,27-,28+;2*17-,18-,19+,20+,21-,22+,26-,27+/m0000/s1. The largest absolute Gasteiger partial charge is 0.390 e. The number of ketones is 4. The SMILES string of the molecule is CC[C@@]1(O)CC[C@H]2[C@@H](CC[C@@H]3[C@@H]2CC[C@]2(C)[C@@H](C(=O)Cn4nc5ccccc5n4)CC[C@@H]32)C1.CC[C@@]1(O)CC[C@H]2[C@@H](CC[C@@H]3[C@@H]2CC[C@]2(C)[C@@H](C(=O)Cn4nc5ccncc5n4)CC[C@@H]32)C1.CC[C@@]1(O)CC[C@H]2[C@@H](CC[C@@H]3[C@@H]2CC[C@]2(C)[C@@H](C(=O)Cn4nnc5ccccc54)CC[C@@H]32)C1.CC[C@@]1(O)CC[C@H]2[C@@H](CC[C@@H]3[C@@H]2CC[C@]2(C)[C@@H](C(=O)Cn4nnc5cnccc54)CC[C@@H]32)C1. The molecule has 2 aromatic carbocycles. The van der Waals surface area contributed by atoms with Crippen molar-refractivity contribution in [3.05, 3.63) is 85.5 Å². The van der Waals surface area contributed by atoms with Gasteiger partial charge in [0.15, 0.2) is 23.1 Å². The molecular weight excluding hydrogens is 1650 g/mol. The monoisotopic (exact) mass is 1800 g/mol. The topological polar surface area (TPSA) is 298 Å². The highest BCUT2D eigenvalue weighted by Crippen LogP contribution is 2.71. The van der Waals surface area contributed by atoms with Crippen LogP contribution in [0.25, 0.3) is 44.1 Å². The molecule has 0 unspecified atom stereocenters. The van der Waals surface area contributed by atoms with E-state index in [-0.39, 0.29) is 51.9 Å². The van der Waals surface area contributed by atoms with Gasteiger partial charge < -0.3 is 20.4 Å². The van der Waals surface area contributed by atoms with Crippen LogP contribution in [0.15, 0.2) is 85.5 Å². The molecule has 0 spiro atoms. The third-order valence-electron chi connectivity index (χ3n) is 43.1. The number of aliphatic hydroxyl groups is 4. The van der Waals surface area contributed by atoms with Crippen LogP contribution in [-0.4, -0.2) is 136 Å². The fourth-order valence-corrected chi connectivity index (χ4v) is 36.1. The van der Waals surface area contributed by atoms with Crippen molar-refractivity contribution in [1.29, 1.82) is 0 Å². The summed E-state index contributed by atoms with van der Waals surface area (Å²) in [6, 6.07) is 19.5. The van der Waals surface area contributed by atoms with Gasteiger partial charge in [-0.15, -0.1) is 10.2 Å². The summed E-state index contributed by atoms with van der Waals surface area (Å²) in [5.74, 6) is 17.0. The summed E-state index contributed by atoms with van der Waals surface area (Å²) in [5, 5.41) is 78.7. The van der Waals surface area contributed by atoms with Crippen LogP contribution in [0, 0.1) is 164 Å². The fraction of sp³-hybridized carbons (Fsp3) is 0.764. The number of hydrogen-bond acceptors (Lipinski definition) is 18. The zero-order valence-electron chi connectivity index (χ0n) is 80.7. The van der Waals surface area contributed by atoms with E-state index in [4.69, 9.17) is 0 Å². The Balaban J connectivity index is 0.000000106. The van der Waals surface area contributed by atoms with Crippen molar-refractivity contribution in [1.82, 2.24) is 69.9 Å². The minimum Gasteiger partial charge on any atom is -0.390 e. The number of pyridine rings is 2. The molecule has 22 nitrogen and oxygen atoms in total. The summed E-state index contributed by atoms with van der Waals surface area (Å²) in [4.78, 5) is 65.6. The number of hydrogen-bond donors (Lipinski definition) is 4. The average molecular weight is 1800 g/mol. The molecule has 4 N–H and O–H groups in total. The highest BCUT2D eigenvalue weighted by atomic mass is 16.3. The maximum Gasteiger partial charge on any atom is 0.159 e. The molecule has 132 heavy (non-hydrogen) atoms. The first kappa shape index (κ1) is 91.3. The van der Waals surface area contributed by atoms with Gasteiger partial charge in [-0.3, -0.25) is 29.1 Å². The van der Waals surface area contributed by atoms with Crippen LogP contribution < -0.4 is 0 Å². The predicted molar refractivity (Wildman–Crippen MR) is 509 cm³/mol. The van der Waals surface area contributed by atoms with Crippen molar-refractivity contribution in [2.24, 2.45) is 164 Å². The van der Waals surface area contributed by atoms with Gasteiger partial charge in [-0.2, -0.15) is 30.0 Å². The molecule has 16 saturated carbocycles. The maximum absolute atomic E-state index is 13.6. The molecule has 32 atom stereocenters. The lowest BCUT2D eigenvalue weighted by atomic mass is 9.48. The van der Waals surface area contributed by atoms with Crippen molar-refractivity contribution in [3.8, 4) is 0 Å². The second-order valence-corrected chi connectivity index (χ2v) is 48.2. The lowest BCUT2D eigenvalue weighted by Crippen LogP contribution is -2.51.